The van der Waals surface area contributed by atoms with Gasteiger partial charge in [-0.05, 0) is 24.3 Å². The fourth-order valence-electron chi connectivity index (χ4n) is 1.36. The number of anilines is 1. The average Bonchev–Trinajstić information content (AvgIpc) is 2.32. The van der Waals surface area contributed by atoms with E-state index in [2.05, 4.69) is 10.3 Å². The molecule has 2 aromatic rings. The van der Waals surface area contributed by atoms with Gasteiger partial charge >= 0.3 is 0 Å². The average molecular weight is 267 g/mol. The number of hydrogen-bond acceptors (Lipinski definition) is 3. The summed E-state index contributed by atoms with van der Waals surface area (Å²) in [5, 5.41) is 12.2. The summed E-state index contributed by atoms with van der Waals surface area (Å²) in [4.78, 5) is 15.4. The molecule has 0 aliphatic carbocycles. The second kappa shape index (κ2) is 5.01. The van der Waals surface area contributed by atoms with Crippen LogP contribution in [-0.4, -0.2) is 16.0 Å². The minimum Gasteiger partial charge on any atom is -0.507 e. The molecule has 0 aliphatic heterocycles. The molecule has 92 valence electrons. The number of nitrogens with one attached hydrogen (secondary N) is 1. The molecule has 1 heterocycles. The van der Waals surface area contributed by atoms with E-state index in [9.17, 15) is 14.3 Å². The zero-order valence-electron chi connectivity index (χ0n) is 9.02. The second-order valence-corrected chi connectivity index (χ2v) is 3.91. The smallest absolute Gasteiger partial charge is 0.259 e. The van der Waals surface area contributed by atoms with Gasteiger partial charge in [-0.2, -0.15) is 0 Å². The predicted octanol–water partition coefficient (Wildman–Crippen LogP) is 2.83. The quantitative estimate of drug-likeness (QED) is 0.879. The normalized spacial score (nSPS) is 10.1. The van der Waals surface area contributed by atoms with E-state index in [1.54, 1.807) is 0 Å². The number of rotatable bonds is 2. The highest BCUT2D eigenvalue weighted by Gasteiger charge is 2.13. The van der Waals surface area contributed by atoms with Gasteiger partial charge in [0.25, 0.3) is 5.91 Å². The number of aromatic nitrogens is 1. The molecule has 4 nitrogen and oxygen atoms in total. The van der Waals surface area contributed by atoms with Crippen molar-refractivity contribution in [2.45, 2.75) is 0 Å². The maximum atomic E-state index is 13.3. The number of carbonyl (C=O) groups is 1. The number of halogens is 2. The van der Waals surface area contributed by atoms with Crippen LogP contribution >= 0.6 is 11.6 Å². The Bertz CT molecular complexity index is 604. The third-order valence-electron chi connectivity index (χ3n) is 2.23. The summed E-state index contributed by atoms with van der Waals surface area (Å²) in [6.45, 7) is 0. The summed E-state index contributed by atoms with van der Waals surface area (Å²) < 4.78 is 13.3. The highest BCUT2D eigenvalue weighted by molar-refractivity contribution is 6.30. The molecular formula is C12H8ClFN2O2. The maximum Gasteiger partial charge on any atom is 0.259 e. The van der Waals surface area contributed by atoms with Crippen molar-refractivity contribution in [1.29, 1.82) is 0 Å². The lowest BCUT2D eigenvalue weighted by Gasteiger charge is -2.07. The van der Waals surface area contributed by atoms with Gasteiger partial charge in [-0.15, -0.1) is 0 Å². The Morgan fingerprint density at radius 2 is 2.17 bits per heavy atom. The van der Waals surface area contributed by atoms with Crippen LogP contribution in [0.4, 0.5) is 10.1 Å². The molecule has 1 aromatic carbocycles. The number of nitrogens with zero attached hydrogens (tertiary/aromatic N) is 1. The molecule has 0 atom stereocenters. The standard InChI is InChI=1S/C12H8ClFN2O2/c13-7-1-2-8(11(17)5-7)12(18)16-10-3-4-15-6-9(10)14/h1-6,17H,(H,15,16,18). The topological polar surface area (TPSA) is 62.2 Å². The highest BCUT2D eigenvalue weighted by Crippen LogP contribution is 2.23. The van der Waals surface area contributed by atoms with Crippen LogP contribution < -0.4 is 5.32 Å². The number of phenolic OH excluding ortho intramolecular Hbond substituents is 1. The number of amides is 1. The van der Waals surface area contributed by atoms with Crippen molar-refractivity contribution in [2.75, 3.05) is 5.32 Å². The second-order valence-electron chi connectivity index (χ2n) is 3.47. The number of pyridine rings is 1. The molecule has 18 heavy (non-hydrogen) atoms. The Labute approximate surface area is 107 Å². The summed E-state index contributed by atoms with van der Waals surface area (Å²) >= 11 is 5.65. The third-order valence-corrected chi connectivity index (χ3v) is 2.46. The molecule has 2 rings (SSSR count). The lowest BCUT2D eigenvalue weighted by molar-refractivity contribution is 0.102. The molecule has 0 fully saturated rings. The largest absolute Gasteiger partial charge is 0.507 e. The van der Waals surface area contributed by atoms with Gasteiger partial charge in [-0.25, -0.2) is 4.39 Å². The maximum absolute atomic E-state index is 13.3. The molecule has 0 saturated carbocycles. The summed E-state index contributed by atoms with van der Waals surface area (Å²) in [5.41, 5.74) is -0.0000350. The molecule has 0 bridgehead atoms. The van der Waals surface area contributed by atoms with Gasteiger partial charge in [-0.3, -0.25) is 9.78 Å². The van der Waals surface area contributed by atoms with E-state index in [1.807, 2.05) is 0 Å². The lowest BCUT2D eigenvalue weighted by atomic mass is 10.2. The van der Waals surface area contributed by atoms with Crippen LogP contribution in [0.25, 0.3) is 0 Å². The molecule has 0 spiro atoms. The van der Waals surface area contributed by atoms with Gasteiger partial charge in [0.2, 0.25) is 0 Å². The van der Waals surface area contributed by atoms with Gasteiger partial charge in [0.05, 0.1) is 17.4 Å². The minimum absolute atomic E-state index is 0.00983. The molecular weight excluding hydrogens is 259 g/mol. The number of carbonyl (C=O) groups excluding carboxylic acids is 1. The van der Waals surface area contributed by atoms with E-state index < -0.39 is 11.7 Å². The first-order chi connectivity index (χ1) is 8.58. The van der Waals surface area contributed by atoms with Crippen LogP contribution in [0.2, 0.25) is 5.02 Å². The molecule has 0 saturated heterocycles. The Hall–Kier alpha value is -2.14. The van der Waals surface area contributed by atoms with Gasteiger partial charge < -0.3 is 10.4 Å². The van der Waals surface area contributed by atoms with E-state index in [0.29, 0.717) is 5.02 Å². The van der Waals surface area contributed by atoms with Crippen molar-refractivity contribution in [3.8, 4) is 5.75 Å². The van der Waals surface area contributed by atoms with Crippen molar-refractivity contribution in [1.82, 2.24) is 4.98 Å². The Morgan fingerprint density at radius 3 is 2.83 bits per heavy atom. The molecule has 1 aromatic heterocycles. The fraction of sp³-hybridized carbons (Fsp3) is 0. The summed E-state index contributed by atoms with van der Waals surface area (Å²) in [7, 11) is 0. The summed E-state index contributed by atoms with van der Waals surface area (Å²) in [6, 6.07) is 5.37. The molecule has 0 aliphatic rings. The van der Waals surface area contributed by atoms with Gasteiger partial charge in [0.15, 0.2) is 5.82 Å². The van der Waals surface area contributed by atoms with Crippen molar-refractivity contribution >= 4 is 23.2 Å². The number of hydrogen-bond donors (Lipinski definition) is 2. The van der Waals surface area contributed by atoms with Gasteiger partial charge in [-0.1, -0.05) is 11.6 Å². The number of benzene rings is 1. The monoisotopic (exact) mass is 266 g/mol. The van der Waals surface area contributed by atoms with Crippen LogP contribution in [0.3, 0.4) is 0 Å². The van der Waals surface area contributed by atoms with Gasteiger partial charge in [0.1, 0.15) is 5.75 Å². The molecule has 2 N–H and O–H groups in total. The number of phenols is 1. The minimum atomic E-state index is -0.653. The lowest BCUT2D eigenvalue weighted by Crippen LogP contribution is -2.13. The highest BCUT2D eigenvalue weighted by atomic mass is 35.5. The SMILES string of the molecule is O=C(Nc1ccncc1F)c1ccc(Cl)cc1O. The van der Waals surface area contributed by atoms with E-state index in [4.69, 9.17) is 11.6 Å². The Kier molecular flexibility index (Phi) is 3.43. The number of aromatic hydroxyl groups is 1. The Morgan fingerprint density at radius 1 is 1.39 bits per heavy atom. The first-order valence-corrected chi connectivity index (χ1v) is 5.35. The predicted molar refractivity (Wildman–Crippen MR) is 65.3 cm³/mol. The van der Waals surface area contributed by atoms with E-state index in [-0.39, 0.29) is 17.0 Å². The van der Waals surface area contributed by atoms with Crippen LogP contribution in [0.1, 0.15) is 10.4 Å². The first kappa shape index (κ1) is 12.3. The van der Waals surface area contributed by atoms with Crippen molar-refractivity contribution < 1.29 is 14.3 Å². The zero-order chi connectivity index (χ0) is 13.1. The first-order valence-electron chi connectivity index (χ1n) is 4.97. The van der Waals surface area contributed by atoms with Gasteiger partial charge in [0, 0.05) is 11.2 Å². The molecule has 6 heteroatoms. The van der Waals surface area contributed by atoms with Crippen LogP contribution in [0.5, 0.6) is 5.75 Å². The summed E-state index contributed by atoms with van der Waals surface area (Å²) in [5.74, 6) is -1.55. The van der Waals surface area contributed by atoms with Crippen molar-refractivity contribution in [3.05, 3.63) is 53.1 Å². The Balaban J connectivity index is 2.25. The van der Waals surface area contributed by atoms with Crippen LogP contribution in [-0.2, 0) is 0 Å². The molecule has 0 radical (unpaired) electrons. The summed E-state index contributed by atoms with van der Waals surface area (Å²) in [6.07, 6.45) is 2.33. The van der Waals surface area contributed by atoms with Crippen LogP contribution in [0.15, 0.2) is 36.7 Å². The van der Waals surface area contributed by atoms with E-state index >= 15 is 0 Å². The van der Waals surface area contributed by atoms with Crippen molar-refractivity contribution in [3.63, 3.8) is 0 Å². The molecule has 1 amide bonds. The van der Waals surface area contributed by atoms with E-state index in [1.165, 1.54) is 30.5 Å². The third kappa shape index (κ3) is 2.57. The van der Waals surface area contributed by atoms with E-state index in [0.717, 1.165) is 6.20 Å². The zero-order valence-corrected chi connectivity index (χ0v) is 9.78. The van der Waals surface area contributed by atoms with Crippen molar-refractivity contribution in [2.24, 2.45) is 0 Å². The molecule has 0 unspecified atom stereocenters. The van der Waals surface area contributed by atoms with Crippen LogP contribution in [0, 0.1) is 5.82 Å². The fourth-order valence-corrected chi connectivity index (χ4v) is 1.53.